The molecule has 106 valence electrons. The summed E-state index contributed by atoms with van der Waals surface area (Å²) in [4.78, 5) is 2.71. The zero-order valence-corrected chi connectivity index (χ0v) is 12.5. The van der Waals surface area contributed by atoms with Crippen LogP contribution in [0.1, 0.15) is 65.2 Å². The highest BCUT2D eigenvalue weighted by atomic mass is 15.1. The lowest BCUT2D eigenvalue weighted by Crippen LogP contribution is -2.42. The summed E-state index contributed by atoms with van der Waals surface area (Å²) in [7, 11) is 0. The van der Waals surface area contributed by atoms with E-state index < -0.39 is 0 Å². The Morgan fingerprint density at radius 1 is 1.11 bits per heavy atom. The molecule has 0 aromatic carbocycles. The van der Waals surface area contributed by atoms with Gasteiger partial charge in [-0.3, -0.25) is 0 Å². The topological polar surface area (TPSA) is 15.3 Å². The molecule has 0 radical (unpaired) electrons. The summed E-state index contributed by atoms with van der Waals surface area (Å²) in [6.45, 7) is 10.0. The Kier molecular flexibility index (Phi) is 5.50. The lowest BCUT2D eigenvalue weighted by Gasteiger charge is -2.41. The molecule has 2 saturated heterocycles. The van der Waals surface area contributed by atoms with Gasteiger partial charge >= 0.3 is 0 Å². The first kappa shape index (κ1) is 14.3. The first-order valence-corrected chi connectivity index (χ1v) is 8.24. The Bertz CT molecular complexity index is 219. The van der Waals surface area contributed by atoms with Crippen LogP contribution in [-0.4, -0.2) is 37.1 Å². The van der Waals surface area contributed by atoms with Crippen LogP contribution in [0.15, 0.2) is 0 Å². The summed E-state index contributed by atoms with van der Waals surface area (Å²) in [6, 6.07) is 0.808. The van der Waals surface area contributed by atoms with Crippen molar-refractivity contribution >= 4 is 0 Å². The van der Waals surface area contributed by atoms with Crippen molar-refractivity contribution in [2.24, 2.45) is 5.41 Å². The van der Waals surface area contributed by atoms with Crippen LogP contribution >= 0.6 is 0 Å². The van der Waals surface area contributed by atoms with Crippen LogP contribution in [-0.2, 0) is 0 Å². The number of hydrogen-bond acceptors (Lipinski definition) is 2. The van der Waals surface area contributed by atoms with E-state index in [4.69, 9.17) is 0 Å². The number of likely N-dealkylation sites (tertiary alicyclic amines) is 1. The van der Waals surface area contributed by atoms with E-state index in [0.717, 1.165) is 6.04 Å². The van der Waals surface area contributed by atoms with Gasteiger partial charge in [-0.15, -0.1) is 0 Å². The Morgan fingerprint density at radius 3 is 2.39 bits per heavy atom. The molecule has 0 spiro atoms. The van der Waals surface area contributed by atoms with Crippen LogP contribution in [0.5, 0.6) is 0 Å². The SMILES string of the molecule is CCC1(CC)CCN(CCC2CCCCN2)CC1. The molecule has 2 nitrogen and oxygen atoms in total. The van der Waals surface area contributed by atoms with Gasteiger partial charge in [-0.25, -0.2) is 0 Å². The summed E-state index contributed by atoms with van der Waals surface area (Å²) >= 11 is 0. The van der Waals surface area contributed by atoms with Crippen LogP contribution in [0.25, 0.3) is 0 Å². The Labute approximate surface area is 114 Å². The van der Waals surface area contributed by atoms with Crippen molar-refractivity contribution in [2.45, 2.75) is 71.3 Å². The average Bonchev–Trinajstić information content (AvgIpc) is 2.47. The zero-order valence-electron chi connectivity index (χ0n) is 12.5. The summed E-state index contributed by atoms with van der Waals surface area (Å²) < 4.78 is 0. The molecule has 0 aliphatic carbocycles. The van der Waals surface area contributed by atoms with E-state index in [0.29, 0.717) is 5.41 Å². The predicted molar refractivity (Wildman–Crippen MR) is 78.9 cm³/mol. The van der Waals surface area contributed by atoms with Gasteiger partial charge in [0.15, 0.2) is 0 Å². The van der Waals surface area contributed by atoms with Crippen molar-refractivity contribution in [3.05, 3.63) is 0 Å². The van der Waals surface area contributed by atoms with E-state index >= 15 is 0 Å². The maximum Gasteiger partial charge on any atom is 0.00792 e. The summed E-state index contributed by atoms with van der Waals surface area (Å²) in [6.07, 6.45) is 11.2. The predicted octanol–water partition coefficient (Wildman–Crippen LogP) is 3.42. The Balaban J connectivity index is 1.66. The second-order valence-corrected chi connectivity index (χ2v) is 6.48. The first-order chi connectivity index (χ1) is 8.78. The quantitative estimate of drug-likeness (QED) is 0.806. The summed E-state index contributed by atoms with van der Waals surface area (Å²) in [5, 5.41) is 3.67. The van der Waals surface area contributed by atoms with E-state index in [-0.39, 0.29) is 0 Å². The lowest BCUT2D eigenvalue weighted by atomic mass is 9.74. The van der Waals surface area contributed by atoms with Crippen molar-refractivity contribution in [1.29, 1.82) is 0 Å². The van der Waals surface area contributed by atoms with Crippen molar-refractivity contribution in [3.8, 4) is 0 Å². The van der Waals surface area contributed by atoms with Crippen LogP contribution in [0.4, 0.5) is 0 Å². The summed E-state index contributed by atoms with van der Waals surface area (Å²) in [5.41, 5.74) is 0.680. The van der Waals surface area contributed by atoms with Gasteiger partial charge in [-0.2, -0.15) is 0 Å². The Hall–Kier alpha value is -0.0800. The number of nitrogens with zero attached hydrogens (tertiary/aromatic N) is 1. The fraction of sp³-hybridized carbons (Fsp3) is 1.00. The van der Waals surface area contributed by atoms with E-state index in [1.807, 2.05) is 0 Å². The second-order valence-electron chi connectivity index (χ2n) is 6.48. The number of piperidine rings is 2. The third kappa shape index (κ3) is 3.71. The van der Waals surface area contributed by atoms with Crippen LogP contribution < -0.4 is 5.32 Å². The van der Waals surface area contributed by atoms with Gasteiger partial charge in [0.25, 0.3) is 0 Å². The molecule has 2 heteroatoms. The van der Waals surface area contributed by atoms with Crippen molar-refractivity contribution in [1.82, 2.24) is 10.2 Å². The number of rotatable bonds is 5. The van der Waals surface area contributed by atoms with Crippen molar-refractivity contribution < 1.29 is 0 Å². The zero-order chi connectivity index (χ0) is 12.8. The fourth-order valence-corrected chi connectivity index (χ4v) is 3.72. The van der Waals surface area contributed by atoms with E-state index in [1.54, 1.807) is 0 Å². The smallest absolute Gasteiger partial charge is 0.00792 e. The third-order valence-corrected chi connectivity index (χ3v) is 5.62. The molecule has 0 saturated carbocycles. The highest BCUT2D eigenvalue weighted by Crippen LogP contribution is 2.37. The first-order valence-electron chi connectivity index (χ1n) is 8.24. The molecule has 1 atom stereocenters. The number of hydrogen-bond donors (Lipinski definition) is 1. The Morgan fingerprint density at radius 2 is 1.83 bits per heavy atom. The molecule has 1 N–H and O–H groups in total. The molecule has 2 heterocycles. The maximum absolute atomic E-state index is 3.67. The third-order valence-electron chi connectivity index (χ3n) is 5.62. The van der Waals surface area contributed by atoms with Gasteiger partial charge in [0.05, 0.1) is 0 Å². The lowest BCUT2D eigenvalue weighted by molar-refractivity contribution is 0.0918. The van der Waals surface area contributed by atoms with Crippen molar-refractivity contribution in [2.75, 3.05) is 26.2 Å². The second kappa shape index (κ2) is 6.91. The van der Waals surface area contributed by atoms with E-state index in [1.165, 1.54) is 77.5 Å². The van der Waals surface area contributed by atoms with E-state index in [2.05, 4.69) is 24.1 Å². The van der Waals surface area contributed by atoms with Gasteiger partial charge < -0.3 is 10.2 Å². The maximum atomic E-state index is 3.67. The fourth-order valence-electron chi connectivity index (χ4n) is 3.72. The standard InChI is InChI=1S/C16H32N2/c1-3-16(4-2)9-13-18(14-10-16)12-8-15-7-5-6-11-17-15/h15,17H,3-14H2,1-2H3. The molecule has 2 fully saturated rings. The monoisotopic (exact) mass is 252 g/mol. The molecule has 0 aromatic heterocycles. The molecule has 2 rings (SSSR count). The molecule has 0 amide bonds. The van der Waals surface area contributed by atoms with Gasteiger partial charge in [0, 0.05) is 6.04 Å². The highest BCUT2D eigenvalue weighted by molar-refractivity contribution is 4.84. The molecule has 2 aliphatic heterocycles. The summed E-state index contributed by atoms with van der Waals surface area (Å²) in [5.74, 6) is 0. The largest absolute Gasteiger partial charge is 0.314 e. The van der Waals surface area contributed by atoms with Crippen molar-refractivity contribution in [3.63, 3.8) is 0 Å². The molecule has 18 heavy (non-hydrogen) atoms. The minimum Gasteiger partial charge on any atom is -0.314 e. The van der Waals surface area contributed by atoms with E-state index in [9.17, 15) is 0 Å². The van der Waals surface area contributed by atoms with Gasteiger partial charge in [-0.1, -0.05) is 33.1 Å². The minimum absolute atomic E-state index is 0.680. The van der Waals surface area contributed by atoms with Gasteiger partial charge in [0.2, 0.25) is 0 Å². The average molecular weight is 252 g/mol. The van der Waals surface area contributed by atoms with Crippen LogP contribution in [0.3, 0.4) is 0 Å². The molecule has 2 aliphatic rings. The number of nitrogens with one attached hydrogen (secondary N) is 1. The highest BCUT2D eigenvalue weighted by Gasteiger charge is 2.31. The van der Waals surface area contributed by atoms with Crippen LogP contribution in [0, 0.1) is 5.41 Å². The molecule has 0 bridgehead atoms. The minimum atomic E-state index is 0.680. The normalized spacial score (nSPS) is 29.3. The molecule has 1 unspecified atom stereocenters. The van der Waals surface area contributed by atoms with Gasteiger partial charge in [-0.05, 0) is 63.7 Å². The van der Waals surface area contributed by atoms with Crippen LogP contribution in [0.2, 0.25) is 0 Å². The molecule has 0 aromatic rings. The van der Waals surface area contributed by atoms with Gasteiger partial charge in [0.1, 0.15) is 0 Å². The molecular formula is C16H32N2. The molecular weight excluding hydrogens is 220 g/mol.